The second kappa shape index (κ2) is 6.91. The highest BCUT2D eigenvalue weighted by molar-refractivity contribution is 5.84. The predicted molar refractivity (Wildman–Crippen MR) is 54.3 cm³/mol. The molecule has 0 saturated carbocycles. The van der Waals surface area contributed by atoms with Crippen molar-refractivity contribution in [2.75, 3.05) is 26.4 Å². The van der Waals surface area contributed by atoms with Gasteiger partial charge in [-0.1, -0.05) is 5.21 Å². The Labute approximate surface area is 93.0 Å². The number of carbonyl (C=O) groups is 1. The first-order valence-corrected chi connectivity index (χ1v) is 5.03. The predicted octanol–water partition coefficient (Wildman–Crippen LogP) is 0.0294. The summed E-state index contributed by atoms with van der Waals surface area (Å²) in [5.74, 6) is -1.08. The molecule has 0 fully saturated rings. The largest absolute Gasteiger partial charge is 0.476 e. The van der Waals surface area contributed by atoms with Crippen LogP contribution in [0.3, 0.4) is 0 Å². The highest BCUT2D eigenvalue weighted by Gasteiger charge is 2.07. The molecule has 0 aromatic carbocycles. The molecule has 0 aliphatic carbocycles. The van der Waals surface area contributed by atoms with Crippen LogP contribution in [-0.4, -0.2) is 52.5 Å². The third-order valence-corrected chi connectivity index (χ3v) is 1.80. The molecule has 1 N–H and O–H groups in total. The highest BCUT2D eigenvalue weighted by atomic mass is 16.5. The lowest BCUT2D eigenvalue weighted by atomic mass is 10.5. The summed E-state index contributed by atoms with van der Waals surface area (Å²) in [6.45, 7) is 4.61. The van der Waals surface area contributed by atoms with Crippen LogP contribution in [0.2, 0.25) is 0 Å². The van der Waals surface area contributed by atoms with E-state index in [1.54, 1.807) is 0 Å². The van der Waals surface area contributed by atoms with Crippen LogP contribution in [0.1, 0.15) is 17.4 Å². The van der Waals surface area contributed by atoms with Crippen LogP contribution in [-0.2, 0) is 16.0 Å². The van der Waals surface area contributed by atoms with Gasteiger partial charge in [-0.3, -0.25) is 0 Å². The van der Waals surface area contributed by atoms with E-state index < -0.39 is 5.97 Å². The normalized spacial score (nSPS) is 10.6. The minimum absolute atomic E-state index is 0.0608. The fourth-order valence-corrected chi connectivity index (χ4v) is 1.03. The smallest absolute Gasteiger partial charge is 0.358 e. The number of carboxylic acid groups (broad SMARTS) is 1. The minimum atomic E-state index is -1.08. The fraction of sp³-hybridized carbons (Fsp3) is 0.667. The van der Waals surface area contributed by atoms with E-state index in [0.717, 1.165) is 0 Å². The molecule has 16 heavy (non-hydrogen) atoms. The van der Waals surface area contributed by atoms with E-state index in [4.69, 9.17) is 14.6 Å². The molecular formula is C9H15N3O4. The molecule has 0 saturated heterocycles. The zero-order chi connectivity index (χ0) is 11.8. The van der Waals surface area contributed by atoms with E-state index in [1.165, 1.54) is 10.9 Å². The lowest BCUT2D eigenvalue weighted by Gasteiger charge is -2.03. The molecule has 0 bridgehead atoms. The van der Waals surface area contributed by atoms with Crippen molar-refractivity contribution in [3.63, 3.8) is 0 Å². The minimum Gasteiger partial charge on any atom is -0.476 e. The second-order valence-corrected chi connectivity index (χ2v) is 2.98. The topological polar surface area (TPSA) is 86.5 Å². The van der Waals surface area contributed by atoms with E-state index >= 15 is 0 Å². The molecule has 90 valence electrons. The summed E-state index contributed by atoms with van der Waals surface area (Å²) >= 11 is 0. The van der Waals surface area contributed by atoms with Crippen molar-refractivity contribution in [3.8, 4) is 0 Å². The molecule has 7 nitrogen and oxygen atoms in total. The van der Waals surface area contributed by atoms with Gasteiger partial charge in [0.2, 0.25) is 0 Å². The first-order chi connectivity index (χ1) is 7.74. The van der Waals surface area contributed by atoms with Crippen LogP contribution in [0.4, 0.5) is 0 Å². The van der Waals surface area contributed by atoms with E-state index in [2.05, 4.69) is 10.3 Å². The molecule has 0 aliphatic heterocycles. The maximum absolute atomic E-state index is 10.5. The third kappa shape index (κ3) is 4.37. The van der Waals surface area contributed by atoms with Crippen molar-refractivity contribution >= 4 is 5.97 Å². The number of hydrogen-bond acceptors (Lipinski definition) is 5. The SMILES string of the molecule is CCOCCOCCn1cc(C(=O)O)nn1. The molecule has 0 spiro atoms. The van der Waals surface area contributed by atoms with Crippen molar-refractivity contribution in [2.24, 2.45) is 0 Å². The van der Waals surface area contributed by atoms with Gasteiger partial charge in [-0.15, -0.1) is 5.10 Å². The number of carboxylic acids is 1. The summed E-state index contributed by atoms with van der Waals surface area (Å²) in [7, 11) is 0. The monoisotopic (exact) mass is 229 g/mol. The Bertz CT molecular complexity index is 326. The van der Waals surface area contributed by atoms with Crippen molar-refractivity contribution in [1.29, 1.82) is 0 Å². The zero-order valence-electron chi connectivity index (χ0n) is 9.13. The van der Waals surface area contributed by atoms with Gasteiger partial charge in [0.1, 0.15) is 0 Å². The van der Waals surface area contributed by atoms with Crippen molar-refractivity contribution in [1.82, 2.24) is 15.0 Å². The lowest BCUT2D eigenvalue weighted by Crippen LogP contribution is -2.10. The van der Waals surface area contributed by atoms with Gasteiger partial charge in [-0.25, -0.2) is 9.48 Å². The quantitative estimate of drug-likeness (QED) is 0.633. The number of rotatable bonds is 8. The maximum atomic E-state index is 10.5. The van der Waals surface area contributed by atoms with Crippen molar-refractivity contribution in [3.05, 3.63) is 11.9 Å². The summed E-state index contributed by atoms with van der Waals surface area (Å²) in [6, 6.07) is 0. The standard InChI is InChI=1S/C9H15N3O4/c1-2-15-5-6-16-4-3-12-7-8(9(13)14)10-11-12/h7H,2-6H2,1H3,(H,13,14). The molecule has 1 heterocycles. The van der Waals surface area contributed by atoms with Gasteiger partial charge in [-0.05, 0) is 6.92 Å². The average molecular weight is 229 g/mol. The van der Waals surface area contributed by atoms with Gasteiger partial charge in [0.15, 0.2) is 5.69 Å². The first-order valence-electron chi connectivity index (χ1n) is 5.03. The van der Waals surface area contributed by atoms with Gasteiger partial charge in [0, 0.05) is 6.61 Å². The molecule has 1 aromatic heterocycles. The summed E-state index contributed by atoms with van der Waals surface area (Å²) in [6.07, 6.45) is 1.37. The molecule has 0 aliphatic rings. The van der Waals surface area contributed by atoms with Crippen LogP contribution in [0.25, 0.3) is 0 Å². The Balaban J connectivity index is 2.14. The molecule has 0 radical (unpaired) electrons. The summed E-state index contributed by atoms with van der Waals surface area (Å²) in [5.41, 5.74) is -0.0608. The van der Waals surface area contributed by atoms with E-state index in [-0.39, 0.29) is 5.69 Å². The van der Waals surface area contributed by atoms with Crippen LogP contribution in [0.15, 0.2) is 6.20 Å². The number of aromatic carboxylic acids is 1. The molecule has 7 heteroatoms. The van der Waals surface area contributed by atoms with Gasteiger partial charge < -0.3 is 14.6 Å². The van der Waals surface area contributed by atoms with Crippen LogP contribution in [0, 0.1) is 0 Å². The van der Waals surface area contributed by atoms with E-state index in [1.807, 2.05) is 6.92 Å². The molecule has 1 aromatic rings. The maximum Gasteiger partial charge on any atom is 0.358 e. The number of aromatic nitrogens is 3. The first kappa shape index (κ1) is 12.6. The van der Waals surface area contributed by atoms with Crippen LogP contribution < -0.4 is 0 Å². The molecule has 0 amide bonds. The van der Waals surface area contributed by atoms with Crippen molar-refractivity contribution < 1.29 is 19.4 Å². The van der Waals surface area contributed by atoms with Crippen LogP contribution in [0.5, 0.6) is 0 Å². The number of ether oxygens (including phenoxy) is 2. The molecular weight excluding hydrogens is 214 g/mol. The fourth-order valence-electron chi connectivity index (χ4n) is 1.03. The zero-order valence-corrected chi connectivity index (χ0v) is 9.13. The summed E-state index contributed by atoms with van der Waals surface area (Å²) < 4.78 is 11.8. The summed E-state index contributed by atoms with van der Waals surface area (Å²) in [4.78, 5) is 10.5. The molecule has 0 atom stereocenters. The number of nitrogens with zero attached hydrogens (tertiary/aromatic N) is 3. The molecule has 1 rings (SSSR count). The second-order valence-electron chi connectivity index (χ2n) is 2.98. The van der Waals surface area contributed by atoms with Gasteiger partial charge in [0.05, 0.1) is 32.6 Å². The lowest BCUT2D eigenvalue weighted by molar-refractivity contribution is 0.0486. The van der Waals surface area contributed by atoms with Gasteiger partial charge in [0.25, 0.3) is 0 Å². The highest BCUT2D eigenvalue weighted by Crippen LogP contribution is 1.92. The average Bonchev–Trinajstić information content (AvgIpc) is 2.72. The van der Waals surface area contributed by atoms with Crippen molar-refractivity contribution in [2.45, 2.75) is 13.5 Å². The third-order valence-electron chi connectivity index (χ3n) is 1.80. The van der Waals surface area contributed by atoms with E-state index in [9.17, 15) is 4.79 Å². The van der Waals surface area contributed by atoms with Gasteiger partial charge in [-0.2, -0.15) is 0 Å². The van der Waals surface area contributed by atoms with E-state index in [0.29, 0.717) is 33.0 Å². The Hall–Kier alpha value is -1.47. The Morgan fingerprint density at radius 2 is 2.19 bits per heavy atom. The van der Waals surface area contributed by atoms with Gasteiger partial charge >= 0.3 is 5.97 Å². The Morgan fingerprint density at radius 3 is 2.81 bits per heavy atom. The number of hydrogen-bond donors (Lipinski definition) is 1. The Morgan fingerprint density at radius 1 is 1.44 bits per heavy atom. The summed E-state index contributed by atoms with van der Waals surface area (Å²) in [5, 5.41) is 15.7. The molecule has 0 unspecified atom stereocenters. The van der Waals surface area contributed by atoms with Crippen LogP contribution >= 0.6 is 0 Å². The Kier molecular flexibility index (Phi) is 5.44.